The van der Waals surface area contributed by atoms with Crippen LogP contribution in [0.2, 0.25) is 0 Å². The number of carbonyl (C=O) groups is 1. The molecule has 2 aromatic rings. The summed E-state index contributed by atoms with van der Waals surface area (Å²) in [5, 5.41) is 5.11. The maximum absolute atomic E-state index is 12.3. The molecule has 0 radical (unpaired) electrons. The number of hydrogen-bond acceptors (Lipinski definition) is 4. The van der Waals surface area contributed by atoms with Crippen molar-refractivity contribution in [2.24, 2.45) is 0 Å². The molecule has 134 valence electrons. The standard InChI is InChI=1S/C19H24BrN3OS/c1-14-9-16(23-7-3-4-8-23)5-6-18(14)21-19(24)12-22(2)11-17-10-15(20)13-25-17/h5-6,9-10,13H,3-4,7-8,11-12H2,1-2H3,(H,21,24). The van der Waals surface area contributed by atoms with Gasteiger partial charge in [0, 0.05) is 45.7 Å². The third kappa shape index (κ3) is 5.06. The molecule has 1 fully saturated rings. The fourth-order valence-electron chi connectivity index (χ4n) is 3.15. The van der Waals surface area contributed by atoms with Crippen LogP contribution in [0.4, 0.5) is 11.4 Å². The third-order valence-corrected chi connectivity index (χ3v) is 6.10. The zero-order chi connectivity index (χ0) is 17.8. The quantitative estimate of drug-likeness (QED) is 0.745. The van der Waals surface area contributed by atoms with Crippen LogP contribution in [0.1, 0.15) is 23.3 Å². The van der Waals surface area contributed by atoms with E-state index in [1.807, 2.05) is 18.0 Å². The van der Waals surface area contributed by atoms with Crippen LogP contribution in [0.3, 0.4) is 0 Å². The number of benzene rings is 1. The number of amides is 1. The Kier molecular flexibility index (Phi) is 6.15. The molecule has 2 heterocycles. The minimum absolute atomic E-state index is 0.0233. The van der Waals surface area contributed by atoms with Gasteiger partial charge >= 0.3 is 0 Å². The molecule has 0 spiro atoms. The number of likely N-dealkylation sites (N-methyl/N-ethyl adjacent to an activating group) is 1. The average Bonchev–Trinajstić information content (AvgIpc) is 3.21. The van der Waals surface area contributed by atoms with Crippen molar-refractivity contribution >= 4 is 44.5 Å². The third-order valence-electron chi connectivity index (χ3n) is 4.42. The fraction of sp³-hybridized carbons (Fsp3) is 0.421. The molecule has 1 N–H and O–H groups in total. The highest BCUT2D eigenvalue weighted by Gasteiger charge is 2.14. The monoisotopic (exact) mass is 421 g/mol. The lowest BCUT2D eigenvalue weighted by molar-refractivity contribution is -0.117. The number of aryl methyl sites for hydroxylation is 1. The summed E-state index contributed by atoms with van der Waals surface area (Å²) in [4.78, 5) is 18.0. The number of halogens is 1. The maximum atomic E-state index is 12.3. The SMILES string of the molecule is Cc1cc(N2CCCC2)ccc1NC(=O)CN(C)Cc1cc(Br)cs1. The zero-order valence-electron chi connectivity index (χ0n) is 14.7. The molecule has 4 nitrogen and oxygen atoms in total. The minimum Gasteiger partial charge on any atom is -0.372 e. The molecule has 1 aliphatic heterocycles. The topological polar surface area (TPSA) is 35.6 Å². The van der Waals surface area contributed by atoms with E-state index >= 15 is 0 Å². The van der Waals surface area contributed by atoms with Gasteiger partial charge < -0.3 is 10.2 Å². The van der Waals surface area contributed by atoms with Crippen LogP contribution < -0.4 is 10.2 Å². The number of nitrogens with zero attached hydrogens (tertiary/aromatic N) is 2. The number of anilines is 2. The summed E-state index contributed by atoms with van der Waals surface area (Å²) in [6.07, 6.45) is 2.54. The highest BCUT2D eigenvalue weighted by Crippen LogP contribution is 2.25. The summed E-state index contributed by atoms with van der Waals surface area (Å²) < 4.78 is 1.10. The summed E-state index contributed by atoms with van der Waals surface area (Å²) in [5.74, 6) is 0.0233. The Morgan fingerprint density at radius 3 is 2.72 bits per heavy atom. The second-order valence-corrected chi connectivity index (χ2v) is 8.56. The highest BCUT2D eigenvalue weighted by molar-refractivity contribution is 9.10. The summed E-state index contributed by atoms with van der Waals surface area (Å²) in [5.41, 5.74) is 3.27. The number of carbonyl (C=O) groups excluding carboxylic acids is 1. The molecule has 1 aromatic carbocycles. The molecular weight excluding hydrogens is 398 g/mol. The number of hydrogen-bond donors (Lipinski definition) is 1. The van der Waals surface area contributed by atoms with Crippen molar-refractivity contribution in [3.05, 3.63) is 44.6 Å². The van der Waals surface area contributed by atoms with Gasteiger partial charge in [-0.2, -0.15) is 0 Å². The normalized spacial score (nSPS) is 14.3. The Balaban J connectivity index is 1.55. The Morgan fingerprint density at radius 2 is 2.08 bits per heavy atom. The van der Waals surface area contributed by atoms with Crippen molar-refractivity contribution in [2.75, 3.05) is 36.9 Å². The van der Waals surface area contributed by atoms with Gasteiger partial charge in [0.25, 0.3) is 0 Å². The Bertz CT molecular complexity index is 740. The smallest absolute Gasteiger partial charge is 0.238 e. The van der Waals surface area contributed by atoms with E-state index in [1.54, 1.807) is 11.3 Å². The molecule has 1 aliphatic rings. The van der Waals surface area contributed by atoms with E-state index in [4.69, 9.17) is 0 Å². The summed E-state index contributed by atoms with van der Waals surface area (Å²) in [7, 11) is 1.97. The van der Waals surface area contributed by atoms with Gasteiger partial charge in [0.05, 0.1) is 6.54 Å². The molecule has 3 rings (SSSR count). The Hall–Kier alpha value is -1.37. The summed E-state index contributed by atoms with van der Waals surface area (Å²) in [6, 6.07) is 8.41. The molecule has 1 saturated heterocycles. The van der Waals surface area contributed by atoms with Gasteiger partial charge in [-0.05, 0) is 72.6 Å². The predicted molar refractivity (Wildman–Crippen MR) is 110 cm³/mol. The molecule has 0 saturated carbocycles. The first kappa shape index (κ1) is 18.4. The minimum atomic E-state index is 0.0233. The van der Waals surface area contributed by atoms with Gasteiger partial charge in [0.2, 0.25) is 5.91 Å². The van der Waals surface area contributed by atoms with Crippen LogP contribution in [0.5, 0.6) is 0 Å². The van der Waals surface area contributed by atoms with Gasteiger partial charge in [0.15, 0.2) is 0 Å². The highest BCUT2D eigenvalue weighted by atomic mass is 79.9. The van der Waals surface area contributed by atoms with E-state index < -0.39 is 0 Å². The first-order chi connectivity index (χ1) is 12.0. The van der Waals surface area contributed by atoms with Crippen molar-refractivity contribution in [1.29, 1.82) is 0 Å². The lowest BCUT2D eigenvalue weighted by Crippen LogP contribution is -2.29. The molecule has 6 heteroatoms. The lowest BCUT2D eigenvalue weighted by Gasteiger charge is -2.20. The molecule has 25 heavy (non-hydrogen) atoms. The van der Waals surface area contributed by atoms with Gasteiger partial charge in [0.1, 0.15) is 0 Å². The van der Waals surface area contributed by atoms with Crippen LogP contribution >= 0.6 is 27.3 Å². The molecule has 1 amide bonds. The number of nitrogens with one attached hydrogen (secondary N) is 1. The first-order valence-corrected chi connectivity index (χ1v) is 10.3. The molecule has 0 atom stereocenters. The Morgan fingerprint density at radius 1 is 1.32 bits per heavy atom. The van der Waals surface area contributed by atoms with Crippen molar-refractivity contribution < 1.29 is 4.79 Å². The number of thiophene rings is 1. The van der Waals surface area contributed by atoms with E-state index in [0.717, 1.165) is 35.4 Å². The van der Waals surface area contributed by atoms with E-state index in [2.05, 4.69) is 56.6 Å². The van der Waals surface area contributed by atoms with E-state index in [9.17, 15) is 4.79 Å². The van der Waals surface area contributed by atoms with Gasteiger partial charge in [-0.3, -0.25) is 9.69 Å². The second-order valence-electron chi connectivity index (χ2n) is 6.65. The van der Waals surface area contributed by atoms with Gasteiger partial charge in [-0.25, -0.2) is 0 Å². The lowest BCUT2D eigenvalue weighted by atomic mass is 10.1. The van der Waals surface area contributed by atoms with Gasteiger partial charge in [-0.15, -0.1) is 11.3 Å². The van der Waals surface area contributed by atoms with E-state index in [1.165, 1.54) is 23.4 Å². The van der Waals surface area contributed by atoms with Crippen LogP contribution in [-0.2, 0) is 11.3 Å². The molecule has 1 aromatic heterocycles. The molecule has 0 aliphatic carbocycles. The average molecular weight is 422 g/mol. The summed E-state index contributed by atoms with van der Waals surface area (Å²) in [6.45, 7) is 5.48. The first-order valence-electron chi connectivity index (χ1n) is 8.58. The van der Waals surface area contributed by atoms with E-state index in [0.29, 0.717) is 6.54 Å². The molecule has 0 bridgehead atoms. The zero-order valence-corrected chi connectivity index (χ0v) is 17.1. The fourth-order valence-corrected chi connectivity index (χ4v) is 4.68. The van der Waals surface area contributed by atoms with Crippen molar-refractivity contribution in [3.63, 3.8) is 0 Å². The van der Waals surface area contributed by atoms with E-state index in [-0.39, 0.29) is 5.91 Å². The number of rotatable bonds is 6. The maximum Gasteiger partial charge on any atom is 0.238 e. The van der Waals surface area contributed by atoms with Crippen LogP contribution in [0.25, 0.3) is 0 Å². The molecular formula is C19H24BrN3OS. The second kappa shape index (κ2) is 8.34. The van der Waals surface area contributed by atoms with Crippen molar-refractivity contribution in [2.45, 2.75) is 26.3 Å². The largest absolute Gasteiger partial charge is 0.372 e. The Labute approximate surface area is 162 Å². The van der Waals surface area contributed by atoms with Crippen molar-refractivity contribution in [1.82, 2.24) is 4.90 Å². The van der Waals surface area contributed by atoms with Crippen LogP contribution in [-0.4, -0.2) is 37.5 Å². The summed E-state index contributed by atoms with van der Waals surface area (Å²) >= 11 is 5.16. The van der Waals surface area contributed by atoms with Gasteiger partial charge in [-0.1, -0.05) is 0 Å². The van der Waals surface area contributed by atoms with Crippen LogP contribution in [0.15, 0.2) is 34.1 Å². The van der Waals surface area contributed by atoms with Crippen LogP contribution in [0, 0.1) is 6.92 Å². The predicted octanol–water partition coefficient (Wildman–Crippen LogP) is 4.49. The molecule has 0 unspecified atom stereocenters. The van der Waals surface area contributed by atoms with Crippen molar-refractivity contribution in [3.8, 4) is 0 Å².